The van der Waals surface area contributed by atoms with Gasteiger partial charge < -0.3 is 10.3 Å². The van der Waals surface area contributed by atoms with Gasteiger partial charge in [-0.1, -0.05) is 13.0 Å². The number of nitrogens with one attached hydrogen (secondary N) is 2. The lowest BCUT2D eigenvalue weighted by Gasteiger charge is -2.09. The first-order chi connectivity index (χ1) is 12.8. The number of fused-ring (bicyclic) bond motifs is 3. The van der Waals surface area contributed by atoms with Gasteiger partial charge >= 0.3 is 0 Å². The topological polar surface area (TPSA) is 101 Å². The summed E-state index contributed by atoms with van der Waals surface area (Å²) in [5, 5.41) is 3.30. The van der Waals surface area contributed by atoms with Crippen molar-refractivity contribution in [2.45, 2.75) is 26.2 Å². The number of hydrogen-bond acceptors (Lipinski definition) is 6. The van der Waals surface area contributed by atoms with Crippen LogP contribution in [0.2, 0.25) is 0 Å². The second kappa shape index (κ2) is 6.91. The summed E-state index contributed by atoms with van der Waals surface area (Å²) in [7, 11) is 0. The number of aryl methyl sites for hydroxylation is 2. The van der Waals surface area contributed by atoms with E-state index in [4.69, 9.17) is 0 Å². The summed E-state index contributed by atoms with van der Waals surface area (Å²) in [4.78, 5) is 32.6. The fourth-order valence-corrected chi connectivity index (χ4v) is 3.03. The largest absolute Gasteiger partial charge is 0.368 e. The van der Waals surface area contributed by atoms with E-state index in [1.807, 2.05) is 25.1 Å². The zero-order chi connectivity index (χ0) is 17.9. The highest BCUT2D eigenvalue weighted by molar-refractivity contribution is 5.84. The normalized spacial score (nSPS) is 11.3. The van der Waals surface area contributed by atoms with Gasteiger partial charge in [0, 0.05) is 24.9 Å². The summed E-state index contributed by atoms with van der Waals surface area (Å²) in [6, 6.07) is 5.91. The molecule has 0 spiro atoms. The van der Waals surface area contributed by atoms with Crippen LogP contribution in [0.15, 0.2) is 41.7 Å². The number of hydrogen-bond donors (Lipinski definition) is 2. The molecule has 132 valence electrons. The third-order valence-corrected chi connectivity index (χ3v) is 4.29. The highest BCUT2D eigenvalue weighted by atomic mass is 16.1. The number of H-pyrrole nitrogens is 1. The highest BCUT2D eigenvalue weighted by Gasteiger charge is 2.13. The summed E-state index contributed by atoms with van der Waals surface area (Å²) in [5.41, 5.74) is 2.60. The zero-order valence-corrected chi connectivity index (χ0v) is 14.4. The van der Waals surface area contributed by atoms with Gasteiger partial charge in [-0.15, -0.1) is 0 Å². The Labute approximate surface area is 149 Å². The second-order valence-electron chi connectivity index (χ2n) is 5.98. The Morgan fingerprint density at radius 2 is 2.12 bits per heavy atom. The molecule has 0 unspecified atom stereocenters. The third-order valence-electron chi connectivity index (χ3n) is 4.29. The maximum Gasteiger partial charge on any atom is 0.274 e. The smallest absolute Gasteiger partial charge is 0.274 e. The molecule has 0 amide bonds. The van der Waals surface area contributed by atoms with Crippen molar-refractivity contribution in [1.29, 1.82) is 0 Å². The Morgan fingerprint density at radius 1 is 1.19 bits per heavy atom. The van der Waals surface area contributed by atoms with Crippen molar-refractivity contribution >= 4 is 22.5 Å². The molecular formula is C18H19N7O. The fraction of sp³-hybridized carbons (Fsp3) is 0.278. The van der Waals surface area contributed by atoms with Gasteiger partial charge in [0.25, 0.3) is 5.56 Å². The van der Waals surface area contributed by atoms with Gasteiger partial charge in [0.1, 0.15) is 23.2 Å². The van der Waals surface area contributed by atoms with Crippen LogP contribution >= 0.6 is 0 Å². The molecule has 0 saturated heterocycles. The number of nitrogens with zero attached hydrogens (tertiary/aromatic N) is 5. The van der Waals surface area contributed by atoms with E-state index in [0.29, 0.717) is 35.5 Å². The summed E-state index contributed by atoms with van der Waals surface area (Å²) < 4.78 is 1.80. The Bertz CT molecular complexity index is 1100. The Balaban J connectivity index is 1.61. The Kier molecular flexibility index (Phi) is 4.30. The summed E-state index contributed by atoms with van der Waals surface area (Å²) in [5.74, 6) is 1.42. The molecule has 8 nitrogen and oxygen atoms in total. The third kappa shape index (κ3) is 2.90. The number of imidazole rings is 1. The van der Waals surface area contributed by atoms with E-state index in [2.05, 4.69) is 30.2 Å². The standard InChI is InChI=1S/C18H19N7O/c1-2-14-21-10-13-18(26)24-15-16(22-11-23-17(15)25(13)14)20-9-5-7-12-6-3-4-8-19-12/h3-4,6,8,10-11H,2,5,7,9H2,1H3,(H,24,26)(H,20,22,23). The van der Waals surface area contributed by atoms with E-state index >= 15 is 0 Å². The number of aromatic nitrogens is 6. The van der Waals surface area contributed by atoms with Crippen molar-refractivity contribution in [3.8, 4) is 0 Å². The molecule has 8 heteroatoms. The molecular weight excluding hydrogens is 330 g/mol. The summed E-state index contributed by atoms with van der Waals surface area (Å²) in [6.07, 6.45) is 7.37. The van der Waals surface area contributed by atoms with E-state index in [0.717, 1.165) is 24.4 Å². The molecule has 4 heterocycles. The molecule has 0 aliphatic rings. The van der Waals surface area contributed by atoms with Gasteiger partial charge in [-0.25, -0.2) is 15.0 Å². The molecule has 0 fully saturated rings. The van der Waals surface area contributed by atoms with E-state index < -0.39 is 0 Å². The van der Waals surface area contributed by atoms with Crippen molar-refractivity contribution in [2.24, 2.45) is 0 Å². The molecule has 0 atom stereocenters. The SMILES string of the molecule is CCc1ncc2c(=O)[nH]c3c(NCCCc4ccccn4)ncnc3n12. The van der Waals surface area contributed by atoms with E-state index in [9.17, 15) is 4.79 Å². The predicted octanol–water partition coefficient (Wildman–Crippen LogP) is 1.97. The minimum absolute atomic E-state index is 0.198. The van der Waals surface area contributed by atoms with Crippen LogP contribution in [0, 0.1) is 0 Å². The van der Waals surface area contributed by atoms with Gasteiger partial charge in [0.15, 0.2) is 11.5 Å². The van der Waals surface area contributed by atoms with Gasteiger partial charge in [-0.2, -0.15) is 0 Å². The second-order valence-corrected chi connectivity index (χ2v) is 5.98. The fourth-order valence-electron chi connectivity index (χ4n) is 3.03. The van der Waals surface area contributed by atoms with Crippen LogP contribution in [-0.4, -0.2) is 35.9 Å². The van der Waals surface area contributed by atoms with Gasteiger partial charge in [0.2, 0.25) is 0 Å². The van der Waals surface area contributed by atoms with Crippen LogP contribution in [0.1, 0.15) is 24.9 Å². The highest BCUT2D eigenvalue weighted by Crippen LogP contribution is 2.18. The molecule has 0 saturated carbocycles. The zero-order valence-electron chi connectivity index (χ0n) is 14.4. The van der Waals surface area contributed by atoms with Crippen LogP contribution < -0.4 is 10.9 Å². The van der Waals surface area contributed by atoms with Gasteiger partial charge in [0.05, 0.1) is 6.20 Å². The molecule has 0 aliphatic heterocycles. The van der Waals surface area contributed by atoms with Crippen molar-refractivity contribution in [1.82, 2.24) is 29.3 Å². The van der Waals surface area contributed by atoms with Crippen LogP contribution in [0.25, 0.3) is 16.7 Å². The number of anilines is 1. The van der Waals surface area contributed by atoms with Crippen molar-refractivity contribution < 1.29 is 0 Å². The van der Waals surface area contributed by atoms with Crippen molar-refractivity contribution in [3.63, 3.8) is 0 Å². The van der Waals surface area contributed by atoms with Gasteiger partial charge in [-0.3, -0.25) is 14.2 Å². The lowest BCUT2D eigenvalue weighted by Crippen LogP contribution is -2.15. The monoisotopic (exact) mass is 349 g/mol. The first kappa shape index (κ1) is 16.2. The number of rotatable bonds is 6. The molecule has 0 bridgehead atoms. The van der Waals surface area contributed by atoms with Crippen LogP contribution in [0.4, 0.5) is 5.82 Å². The molecule has 0 aromatic carbocycles. The van der Waals surface area contributed by atoms with E-state index in [1.165, 1.54) is 6.33 Å². The first-order valence-electron chi connectivity index (χ1n) is 8.65. The van der Waals surface area contributed by atoms with Crippen LogP contribution in [0.3, 0.4) is 0 Å². The summed E-state index contributed by atoms with van der Waals surface area (Å²) in [6.45, 7) is 2.72. The molecule has 0 aliphatic carbocycles. The minimum Gasteiger partial charge on any atom is -0.368 e. The Morgan fingerprint density at radius 3 is 2.92 bits per heavy atom. The maximum atomic E-state index is 12.4. The minimum atomic E-state index is -0.198. The lowest BCUT2D eigenvalue weighted by molar-refractivity contribution is 0.832. The molecule has 0 radical (unpaired) electrons. The Hall–Kier alpha value is -3.29. The summed E-state index contributed by atoms with van der Waals surface area (Å²) >= 11 is 0. The number of aromatic amines is 1. The maximum absolute atomic E-state index is 12.4. The predicted molar refractivity (Wildman–Crippen MR) is 99.3 cm³/mol. The van der Waals surface area contributed by atoms with Crippen molar-refractivity contribution in [2.75, 3.05) is 11.9 Å². The molecule has 2 N–H and O–H groups in total. The molecule has 4 rings (SSSR count). The average Bonchev–Trinajstić information content (AvgIpc) is 3.12. The van der Waals surface area contributed by atoms with Crippen LogP contribution in [-0.2, 0) is 12.8 Å². The quantitative estimate of drug-likeness (QED) is 0.516. The number of pyridine rings is 1. The van der Waals surface area contributed by atoms with Crippen LogP contribution in [0.5, 0.6) is 0 Å². The molecule has 26 heavy (non-hydrogen) atoms. The van der Waals surface area contributed by atoms with Crippen molar-refractivity contribution in [3.05, 3.63) is 58.8 Å². The van der Waals surface area contributed by atoms with E-state index in [1.54, 1.807) is 16.8 Å². The van der Waals surface area contributed by atoms with Gasteiger partial charge in [-0.05, 0) is 25.0 Å². The average molecular weight is 349 g/mol. The van der Waals surface area contributed by atoms with E-state index in [-0.39, 0.29) is 5.56 Å². The molecule has 4 aromatic rings. The first-order valence-corrected chi connectivity index (χ1v) is 8.65. The molecule has 4 aromatic heterocycles. The lowest BCUT2D eigenvalue weighted by atomic mass is 10.2.